The lowest BCUT2D eigenvalue weighted by molar-refractivity contribution is -0.122. The maximum absolute atomic E-state index is 12.2. The van der Waals surface area contributed by atoms with Crippen molar-refractivity contribution in [1.82, 2.24) is 10.6 Å². The summed E-state index contributed by atoms with van der Waals surface area (Å²) >= 11 is 6.08. The molecule has 2 aliphatic heterocycles. The first-order valence-electron chi connectivity index (χ1n) is 9.61. The van der Waals surface area contributed by atoms with Crippen molar-refractivity contribution in [2.24, 2.45) is 5.92 Å². The molecular formula is C20H28ClN3O3. The summed E-state index contributed by atoms with van der Waals surface area (Å²) in [5, 5.41) is 9.87. The van der Waals surface area contributed by atoms with E-state index in [2.05, 4.69) is 16.0 Å². The van der Waals surface area contributed by atoms with Crippen LogP contribution in [0.4, 0.5) is 5.69 Å². The SMILES string of the molecule is COc1cc(Cl)c(C)cc1NC(=O)CCNC(=O)CC1CC2CCC(C1)N2. The number of hydrogen-bond acceptors (Lipinski definition) is 4. The molecule has 2 atom stereocenters. The van der Waals surface area contributed by atoms with E-state index in [-0.39, 0.29) is 18.2 Å². The number of methoxy groups -OCH3 is 1. The predicted molar refractivity (Wildman–Crippen MR) is 106 cm³/mol. The standard InChI is InChI=1S/C20H28ClN3O3/c1-12-7-17(18(27-2)11-16(12)21)24-19(25)5-6-22-20(26)10-13-8-14-3-4-15(9-13)23-14/h7,11,13-15,23H,3-6,8-10H2,1-2H3,(H,22,26)(H,24,25). The molecule has 2 aliphatic rings. The maximum Gasteiger partial charge on any atom is 0.226 e. The van der Waals surface area contributed by atoms with Crippen molar-refractivity contribution in [3.05, 3.63) is 22.7 Å². The van der Waals surface area contributed by atoms with E-state index in [0.29, 0.717) is 47.4 Å². The Morgan fingerprint density at radius 2 is 1.93 bits per heavy atom. The third kappa shape index (κ3) is 5.36. The second-order valence-corrected chi connectivity index (χ2v) is 8.04. The largest absolute Gasteiger partial charge is 0.495 e. The van der Waals surface area contributed by atoms with Crippen molar-refractivity contribution in [2.45, 2.75) is 57.5 Å². The monoisotopic (exact) mass is 393 g/mol. The Bertz CT molecular complexity index is 698. The number of ether oxygens (including phenoxy) is 1. The zero-order valence-corrected chi connectivity index (χ0v) is 16.7. The molecule has 2 saturated heterocycles. The van der Waals surface area contributed by atoms with Crippen LogP contribution in [0, 0.1) is 12.8 Å². The Hall–Kier alpha value is -1.79. The van der Waals surface area contributed by atoms with E-state index >= 15 is 0 Å². The zero-order valence-electron chi connectivity index (χ0n) is 15.9. The van der Waals surface area contributed by atoms with Gasteiger partial charge in [0.25, 0.3) is 0 Å². The van der Waals surface area contributed by atoms with Gasteiger partial charge in [-0.25, -0.2) is 0 Å². The maximum atomic E-state index is 12.2. The average Bonchev–Trinajstić information content (AvgIpc) is 2.96. The first-order valence-corrected chi connectivity index (χ1v) is 9.99. The number of fused-ring (bicyclic) bond motifs is 2. The lowest BCUT2D eigenvalue weighted by Crippen LogP contribution is -2.40. The van der Waals surface area contributed by atoms with Crippen molar-refractivity contribution in [3.63, 3.8) is 0 Å². The molecule has 3 rings (SSSR count). The van der Waals surface area contributed by atoms with Crippen molar-refractivity contribution in [2.75, 3.05) is 19.0 Å². The number of rotatable bonds is 7. The van der Waals surface area contributed by atoms with Gasteiger partial charge in [0.05, 0.1) is 12.8 Å². The van der Waals surface area contributed by atoms with Crippen LogP contribution in [0.3, 0.4) is 0 Å². The van der Waals surface area contributed by atoms with Gasteiger partial charge in [0.1, 0.15) is 5.75 Å². The molecule has 148 valence electrons. The number of amides is 2. The molecule has 3 N–H and O–H groups in total. The topological polar surface area (TPSA) is 79.5 Å². The molecule has 2 heterocycles. The van der Waals surface area contributed by atoms with Crippen LogP contribution < -0.4 is 20.7 Å². The highest BCUT2D eigenvalue weighted by Crippen LogP contribution is 2.33. The molecular weight excluding hydrogens is 366 g/mol. The highest BCUT2D eigenvalue weighted by atomic mass is 35.5. The van der Waals surface area contributed by atoms with Gasteiger partial charge in [0.15, 0.2) is 0 Å². The third-order valence-electron chi connectivity index (χ3n) is 5.47. The number of aryl methyl sites for hydroxylation is 1. The molecule has 0 spiro atoms. The van der Waals surface area contributed by atoms with E-state index in [1.54, 1.807) is 12.1 Å². The van der Waals surface area contributed by atoms with E-state index < -0.39 is 0 Å². The number of nitrogens with one attached hydrogen (secondary N) is 3. The first-order chi connectivity index (χ1) is 12.9. The van der Waals surface area contributed by atoms with Gasteiger partial charge in [-0.05, 0) is 50.2 Å². The molecule has 0 saturated carbocycles. The van der Waals surface area contributed by atoms with Gasteiger partial charge in [0, 0.05) is 42.6 Å². The molecule has 1 aromatic rings. The van der Waals surface area contributed by atoms with E-state index in [4.69, 9.17) is 16.3 Å². The van der Waals surface area contributed by atoms with Crippen LogP contribution in [0.5, 0.6) is 5.75 Å². The summed E-state index contributed by atoms with van der Waals surface area (Å²) in [5.74, 6) is 0.839. The predicted octanol–water partition coefficient (Wildman–Crippen LogP) is 3.02. The van der Waals surface area contributed by atoms with Crippen molar-refractivity contribution in [1.29, 1.82) is 0 Å². The van der Waals surface area contributed by atoms with Crippen molar-refractivity contribution >= 4 is 29.1 Å². The molecule has 2 bridgehead atoms. The molecule has 7 heteroatoms. The molecule has 0 radical (unpaired) electrons. The highest BCUT2D eigenvalue weighted by Gasteiger charge is 2.34. The third-order valence-corrected chi connectivity index (χ3v) is 5.88. The second kappa shape index (κ2) is 8.93. The fourth-order valence-corrected chi connectivity index (χ4v) is 4.29. The molecule has 0 aliphatic carbocycles. The van der Waals surface area contributed by atoms with Gasteiger partial charge in [-0.15, -0.1) is 0 Å². The van der Waals surface area contributed by atoms with Gasteiger partial charge < -0.3 is 20.7 Å². The first kappa shape index (κ1) is 20.0. The van der Waals surface area contributed by atoms with E-state index in [1.165, 1.54) is 20.0 Å². The summed E-state index contributed by atoms with van der Waals surface area (Å²) in [4.78, 5) is 24.4. The summed E-state index contributed by atoms with van der Waals surface area (Å²) < 4.78 is 5.26. The molecule has 1 aromatic carbocycles. The summed E-state index contributed by atoms with van der Waals surface area (Å²) in [7, 11) is 1.53. The molecule has 2 amide bonds. The van der Waals surface area contributed by atoms with Gasteiger partial charge in [-0.3, -0.25) is 9.59 Å². The van der Waals surface area contributed by atoms with Gasteiger partial charge in [0.2, 0.25) is 11.8 Å². The summed E-state index contributed by atoms with van der Waals surface area (Å²) in [6, 6.07) is 4.64. The van der Waals surface area contributed by atoms with E-state index in [1.807, 2.05) is 6.92 Å². The highest BCUT2D eigenvalue weighted by molar-refractivity contribution is 6.31. The van der Waals surface area contributed by atoms with Crippen LogP contribution >= 0.6 is 11.6 Å². The minimum absolute atomic E-state index is 0.0361. The molecule has 27 heavy (non-hydrogen) atoms. The average molecular weight is 394 g/mol. The minimum Gasteiger partial charge on any atom is -0.495 e. The van der Waals surface area contributed by atoms with Crippen LogP contribution in [0.1, 0.15) is 44.1 Å². The smallest absolute Gasteiger partial charge is 0.226 e. The van der Waals surface area contributed by atoms with Crippen molar-refractivity contribution < 1.29 is 14.3 Å². The second-order valence-electron chi connectivity index (χ2n) is 7.63. The Morgan fingerprint density at radius 1 is 1.22 bits per heavy atom. The molecule has 2 unspecified atom stereocenters. The Labute approximate surface area is 165 Å². The van der Waals surface area contributed by atoms with Crippen LogP contribution in [-0.4, -0.2) is 37.6 Å². The van der Waals surface area contributed by atoms with Gasteiger partial charge >= 0.3 is 0 Å². The van der Waals surface area contributed by atoms with Gasteiger partial charge in [-0.2, -0.15) is 0 Å². The number of piperidine rings is 1. The van der Waals surface area contributed by atoms with Crippen LogP contribution in [0.2, 0.25) is 5.02 Å². The molecule has 0 aromatic heterocycles. The van der Waals surface area contributed by atoms with Crippen molar-refractivity contribution in [3.8, 4) is 5.75 Å². The number of carbonyl (C=O) groups is 2. The lowest BCUT2D eigenvalue weighted by atomic mass is 9.89. The van der Waals surface area contributed by atoms with Crippen LogP contribution in [0.15, 0.2) is 12.1 Å². The molecule has 2 fully saturated rings. The zero-order chi connectivity index (χ0) is 19.4. The Kier molecular flexibility index (Phi) is 6.60. The van der Waals surface area contributed by atoms with Crippen LogP contribution in [0.25, 0.3) is 0 Å². The summed E-state index contributed by atoms with van der Waals surface area (Å²) in [5.41, 5.74) is 1.44. The Balaban J connectivity index is 1.40. The number of anilines is 1. The number of carbonyl (C=O) groups excluding carboxylic acids is 2. The Morgan fingerprint density at radius 3 is 2.59 bits per heavy atom. The normalized spacial score (nSPS) is 23.7. The number of halogens is 1. The number of hydrogen-bond donors (Lipinski definition) is 3. The number of benzene rings is 1. The minimum atomic E-state index is -0.171. The van der Waals surface area contributed by atoms with Gasteiger partial charge in [-0.1, -0.05) is 11.6 Å². The van der Waals surface area contributed by atoms with E-state index in [0.717, 1.165) is 18.4 Å². The summed E-state index contributed by atoms with van der Waals surface area (Å²) in [6.45, 7) is 2.20. The quantitative estimate of drug-likeness (QED) is 0.665. The van der Waals surface area contributed by atoms with E-state index in [9.17, 15) is 9.59 Å². The lowest BCUT2D eigenvalue weighted by Gasteiger charge is -2.28. The van der Waals surface area contributed by atoms with Crippen LogP contribution in [-0.2, 0) is 9.59 Å². The fourth-order valence-electron chi connectivity index (χ4n) is 4.13. The fraction of sp³-hybridized carbons (Fsp3) is 0.600. The summed E-state index contributed by atoms with van der Waals surface area (Å²) in [6.07, 6.45) is 5.40. The molecule has 6 nitrogen and oxygen atoms in total.